The van der Waals surface area contributed by atoms with E-state index >= 15 is 0 Å². The smallest absolute Gasteiger partial charge is 0.336 e. The molecule has 0 fully saturated rings. The molecule has 1 aliphatic heterocycles. The number of carboxylic acid groups (broad SMARTS) is 1. The third kappa shape index (κ3) is 4.07. The number of amidine groups is 1. The van der Waals surface area contributed by atoms with Gasteiger partial charge in [-0.25, -0.2) is 4.79 Å². The molecule has 5 rings (SSSR count). The Balaban J connectivity index is 1.61. The quantitative estimate of drug-likeness (QED) is 0.142. The van der Waals surface area contributed by atoms with Crippen LogP contribution in [0.3, 0.4) is 0 Å². The Morgan fingerprint density at radius 3 is 2.50 bits per heavy atom. The maximum absolute atomic E-state index is 11.9. The van der Waals surface area contributed by atoms with Gasteiger partial charge >= 0.3 is 5.97 Å². The monoisotopic (exact) mass is 476 g/mol. The molecule has 4 aromatic carbocycles. The molecule has 4 aromatic rings. The molecule has 0 bridgehead atoms. The Morgan fingerprint density at radius 2 is 1.78 bits per heavy atom. The number of anilines is 2. The van der Waals surface area contributed by atoms with E-state index < -0.39 is 5.97 Å². The molecule has 0 saturated carbocycles. The average Bonchev–Trinajstić information content (AvgIpc) is 2.89. The summed E-state index contributed by atoms with van der Waals surface area (Å²) in [6.45, 7) is 2.23. The number of fused-ring (bicyclic) bond motifs is 1. The molecular formula is C30H28N4O2. The minimum Gasteiger partial charge on any atom is -0.478 e. The van der Waals surface area contributed by atoms with Gasteiger partial charge in [0.1, 0.15) is 5.84 Å². The van der Waals surface area contributed by atoms with Gasteiger partial charge in [-0.05, 0) is 70.6 Å². The Labute approximate surface area is 210 Å². The first-order chi connectivity index (χ1) is 17.3. The van der Waals surface area contributed by atoms with E-state index in [1.54, 1.807) is 12.1 Å². The number of nitrogens with two attached hydrogens (primary N) is 2. The van der Waals surface area contributed by atoms with Gasteiger partial charge in [0, 0.05) is 22.4 Å². The third-order valence-corrected chi connectivity index (χ3v) is 7.15. The van der Waals surface area contributed by atoms with Crippen molar-refractivity contribution in [2.75, 3.05) is 11.1 Å². The topological polar surface area (TPSA) is 125 Å². The van der Waals surface area contributed by atoms with Crippen molar-refractivity contribution < 1.29 is 9.90 Å². The minimum atomic E-state index is -1.01. The number of nitrogens with one attached hydrogen (secondary N) is 2. The summed E-state index contributed by atoms with van der Waals surface area (Å²) >= 11 is 0. The Morgan fingerprint density at radius 1 is 1.00 bits per heavy atom. The maximum Gasteiger partial charge on any atom is 0.336 e. The molecule has 0 radical (unpaired) electrons. The first-order valence-electron chi connectivity index (χ1n) is 11.8. The average molecular weight is 477 g/mol. The molecule has 0 aromatic heterocycles. The summed E-state index contributed by atoms with van der Waals surface area (Å²) in [5.41, 5.74) is 18.4. The van der Waals surface area contributed by atoms with Crippen LogP contribution >= 0.6 is 0 Å². The fourth-order valence-electron chi connectivity index (χ4n) is 5.25. The lowest BCUT2D eigenvalue weighted by atomic mass is 9.68. The lowest BCUT2D eigenvalue weighted by Gasteiger charge is -2.42. The summed E-state index contributed by atoms with van der Waals surface area (Å²) in [6, 6.07) is 29.2. The van der Waals surface area contributed by atoms with Crippen LogP contribution in [0.25, 0.3) is 11.1 Å². The van der Waals surface area contributed by atoms with Gasteiger partial charge in [-0.3, -0.25) is 5.41 Å². The second kappa shape index (κ2) is 8.89. The highest BCUT2D eigenvalue weighted by Gasteiger charge is 2.39. The van der Waals surface area contributed by atoms with Gasteiger partial charge in [0.05, 0.1) is 11.6 Å². The second-order valence-corrected chi connectivity index (χ2v) is 9.51. The first-order valence-corrected chi connectivity index (χ1v) is 11.8. The van der Waals surface area contributed by atoms with Crippen molar-refractivity contribution in [3.63, 3.8) is 0 Å². The molecule has 7 N–H and O–H groups in total. The Hall–Kier alpha value is -4.58. The predicted octanol–water partition coefficient (Wildman–Crippen LogP) is 5.78. The number of nitrogen functional groups attached to an aromatic ring is 2. The highest BCUT2D eigenvalue weighted by atomic mass is 16.4. The molecule has 0 unspecified atom stereocenters. The van der Waals surface area contributed by atoms with Crippen LogP contribution in [0.1, 0.15) is 52.0 Å². The highest BCUT2D eigenvalue weighted by Crippen LogP contribution is 2.48. The fraction of sp³-hybridized carbons (Fsp3) is 0.133. The largest absolute Gasteiger partial charge is 0.478 e. The van der Waals surface area contributed by atoms with Crippen molar-refractivity contribution in [2.45, 2.75) is 24.8 Å². The van der Waals surface area contributed by atoms with E-state index in [1.807, 2.05) is 48.5 Å². The van der Waals surface area contributed by atoms with E-state index in [2.05, 4.69) is 36.5 Å². The van der Waals surface area contributed by atoms with Crippen molar-refractivity contribution in [1.29, 1.82) is 5.41 Å². The standard InChI is InChI=1S/C30H28N4O2/c1-30(21-8-3-2-4-9-21)17-27(34-26-13-10-20(28(32)33)15-25(26)30)19-7-5-6-18(14-19)23-12-11-22(31)16-24(23)29(35)36/h2-16,27,34H,17,31H2,1H3,(H3,32,33)(H,35,36)/t27-,30+/m0/s1. The minimum absolute atomic E-state index is 0.0205. The van der Waals surface area contributed by atoms with Crippen LogP contribution in [0.15, 0.2) is 91.0 Å². The van der Waals surface area contributed by atoms with E-state index in [-0.39, 0.29) is 22.9 Å². The summed E-state index contributed by atoms with van der Waals surface area (Å²) in [7, 11) is 0. The van der Waals surface area contributed by atoms with Crippen molar-refractivity contribution in [3.05, 3.63) is 119 Å². The molecular weight excluding hydrogens is 448 g/mol. The van der Waals surface area contributed by atoms with Gasteiger partial charge in [-0.2, -0.15) is 0 Å². The number of aromatic carboxylic acids is 1. The molecule has 2 atom stereocenters. The van der Waals surface area contributed by atoms with Crippen molar-refractivity contribution in [3.8, 4) is 11.1 Å². The summed E-state index contributed by atoms with van der Waals surface area (Å²) in [6.07, 6.45) is 0.766. The number of rotatable bonds is 5. The SMILES string of the molecule is C[C@]1(c2ccccc2)C[C@@H](c2cccc(-c3ccc(N)cc3C(=O)O)c2)Nc2ccc(C(=N)N)cc21. The summed E-state index contributed by atoms with van der Waals surface area (Å²) in [5.74, 6) is -0.967. The molecule has 1 aliphatic rings. The molecule has 0 spiro atoms. The zero-order valence-electron chi connectivity index (χ0n) is 20.0. The van der Waals surface area contributed by atoms with Gasteiger partial charge in [-0.15, -0.1) is 0 Å². The summed E-state index contributed by atoms with van der Waals surface area (Å²) in [5, 5.41) is 21.4. The lowest BCUT2D eigenvalue weighted by molar-refractivity contribution is 0.0697. The van der Waals surface area contributed by atoms with Gasteiger partial charge in [0.15, 0.2) is 0 Å². The molecule has 6 heteroatoms. The van der Waals surface area contributed by atoms with E-state index in [0.717, 1.165) is 28.8 Å². The van der Waals surface area contributed by atoms with Crippen LogP contribution < -0.4 is 16.8 Å². The van der Waals surface area contributed by atoms with E-state index in [1.165, 1.54) is 11.6 Å². The normalized spacial score (nSPS) is 18.6. The zero-order valence-corrected chi connectivity index (χ0v) is 20.0. The van der Waals surface area contributed by atoms with Crippen LogP contribution in [-0.4, -0.2) is 16.9 Å². The van der Waals surface area contributed by atoms with Crippen LogP contribution in [0.5, 0.6) is 0 Å². The van der Waals surface area contributed by atoms with Gasteiger partial charge in [0.2, 0.25) is 0 Å². The molecule has 180 valence electrons. The van der Waals surface area contributed by atoms with Crippen LogP contribution in [0.2, 0.25) is 0 Å². The van der Waals surface area contributed by atoms with E-state index in [9.17, 15) is 9.90 Å². The van der Waals surface area contributed by atoms with Gasteiger partial charge in [-0.1, -0.05) is 61.5 Å². The molecule has 0 aliphatic carbocycles. The van der Waals surface area contributed by atoms with E-state index in [0.29, 0.717) is 16.8 Å². The Bertz CT molecular complexity index is 1480. The zero-order chi connectivity index (χ0) is 25.4. The third-order valence-electron chi connectivity index (χ3n) is 7.15. The van der Waals surface area contributed by atoms with Crippen molar-refractivity contribution in [2.24, 2.45) is 5.73 Å². The van der Waals surface area contributed by atoms with Crippen LogP contribution in [0, 0.1) is 5.41 Å². The number of hydrogen-bond acceptors (Lipinski definition) is 4. The lowest BCUT2D eigenvalue weighted by Crippen LogP contribution is -2.35. The van der Waals surface area contributed by atoms with Gasteiger partial charge < -0.3 is 21.9 Å². The fourth-order valence-corrected chi connectivity index (χ4v) is 5.25. The molecule has 6 nitrogen and oxygen atoms in total. The maximum atomic E-state index is 11.9. The van der Waals surface area contributed by atoms with Crippen molar-refractivity contribution in [1.82, 2.24) is 0 Å². The number of carboxylic acids is 1. The molecule has 1 heterocycles. The summed E-state index contributed by atoms with van der Waals surface area (Å²) < 4.78 is 0. The molecule has 36 heavy (non-hydrogen) atoms. The van der Waals surface area contributed by atoms with Crippen LogP contribution in [-0.2, 0) is 5.41 Å². The molecule has 0 saturated heterocycles. The number of carbonyl (C=O) groups is 1. The second-order valence-electron chi connectivity index (χ2n) is 9.51. The number of benzene rings is 4. The predicted molar refractivity (Wildman–Crippen MR) is 145 cm³/mol. The van der Waals surface area contributed by atoms with Gasteiger partial charge in [0.25, 0.3) is 0 Å². The Kier molecular flexibility index (Phi) is 5.72. The van der Waals surface area contributed by atoms with Crippen LogP contribution in [0.4, 0.5) is 11.4 Å². The highest BCUT2D eigenvalue weighted by molar-refractivity contribution is 5.97. The first kappa shape index (κ1) is 23.2. The molecule has 0 amide bonds. The van der Waals surface area contributed by atoms with Crippen molar-refractivity contribution >= 4 is 23.2 Å². The summed E-state index contributed by atoms with van der Waals surface area (Å²) in [4.78, 5) is 11.9. The number of hydrogen-bond donors (Lipinski definition) is 5. The van der Waals surface area contributed by atoms with E-state index in [4.69, 9.17) is 16.9 Å².